The quantitative estimate of drug-likeness (QED) is 0.766. The van der Waals surface area contributed by atoms with Crippen molar-refractivity contribution in [1.29, 1.82) is 0 Å². The second kappa shape index (κ2) is 8.69. The number of ether oxygens (including phenoxy) is 1. The van der Waals surface area contributed by atoms with E-state index in [0.29, 0.717) is 0 Å². The molecular weight excluding hydrogens is 362 g/mol. The molecule has 1 aromatic carbocycles. The molecule has 8 heteroatoms. The van der Waals surface area contributed by atoms with Gasteiger partial charge in [-0.25, -0.2) is 14.6 Å². The van der Waals surface area contributed by atoms with Crippen LogP contribution in [-0.2, 0) is 9.53 Å². The summed E-state index contributed by atoms with van der Waals surface area (Å²) in [6.45, 7) is 2.99. The van der Waals surface area contributed by atoms with Crippen molar-refractivity contribution in [3.63, 3.8) is 0 Å². The third kappa shape index (κ3) is 4.76. The number of aryl methyl sites for hydroxylation is 1. The molecule has 1 saturated carbocycles. The number of urea groups is 1. The van der Waals surface area contributed by atoms with Crippen LogP contribution in [-0.4, -0.2) is 35.0 Å². The predicted octanol–water partition coefficient (Wildman–Crippen LogP) is 2.96. The molecule has 148 valence electrons. The van der Waals surface area contributed by atoms with Crippen molar-refractivity contribution < 1.29 is 23.5 Å². The molecule has 28 heavy (non-hydrogen) atoms. The van der Waals surface area contributed by atoms with Crippen molar-refractivity contribution in [2.45, 2.75) is 51.7 Å². The van der Waals surface area contributed by atoms with Crippen LogP contribution in [0.4, 0.5) is 4.79 Å². The topological polar surface area (TPSA) is 111 Å². The lowest BCUT2D eigenvalue weighted by atomic mass is 10.2. The molecule has 1 atom stereocenters. The van der Waals surface area contributed by atoms with Crippen molar-refractivity contribution in [3.8, 4) is 11.5 Å². The first-order valence-corrected chi connectivity index (χ1v) is 9.29. The second-order valence-electron chi connectivity index (χ2n) is 6.78. The Morgan fingerprint density at radius 3 is 2.54 bits per heavy atom. The van der Waals surface area contributed by atoms with Gasteiger partial charge in [0.05, 0.1) is 0 Å². The van der Waals surface area contributed by atoms with Gasteiger partial charge in [0.1, 0.15) is 5.76 Å². The molecule has 0 spiro atoms. The van der Waals surface area contributed by atoms with Gasteiger partial charge in [-0.05, 0) is 38.8 Å². The van der Waals surface area contributed by atoms with Gasteiger partial charge in [-0.15, -0.1) is 0 Å². The van der Waals surface area contributed by atoms with Crippen LogP contribution < -0.4 is 10.6 Å². The molecule has 8 nitrogen and oxygen atoms in total. The fourth-order valence-corrected chi connectivity index (χ4v) is 3.07. The summed E-state index contributed by atoms with van der Waals surface area (Å²) in [6, 6.07) is 8.63. The fraction of sp³-hybridized carbons (Fsp3) is 0.400. The number of aromatic nitrogens is 1. The van der Waals surface area contributed by atoms with Crippen LogP contribution in [0, 0.1) is 6.92 Å². The minimum atomic E-state index is -1.15. The predicted molar refractivity (Wildman–Crippen MR) is 100 cm³/mol. The fourth-order valence-electron chi connectivity index (χ4n) is 3.07. The molecule has 0 saturated heterocycles. The molecule has 1 aromatic heterocycles. The molecule has 3 rings (SSSR count). The SMILES string of the molecule is Cc1oc(-c2ccccc2)nc1C(=O)O[C@H](C)C(=O)NC(=O)NC1CCCC1. The zero-order valence-electron chi connectivity index (χ0n) is 15.9. The van der Waals surface area contributed by atoms with E-state index < -0.39 is 24.0 Å². The second-order valence-corrected chi connectivity index (χ2v) is 6.78. The van der Waals surface area contributed by atoms with Crippen LogP contribution in [0.1, 0.15) is 48.9 Å². The lowest BCUT2D eigenvalue weighted by molar-refractivity contribution is -0.127. The standard InChI is InChI=1S/C20H23N3O5/c1-12-16(22-18(27-12)14-8-4-3-5-9-14)19(25)28-13(2)17(24)23-20(26)21-15-10-6-7-11-15/h3-5,8-9,13,15H,6-7,10-11H2,1-2H3,(H2,21,23,24,26)/t13-/m1/s1. The van der Waals surface area contributed by atoms with Crippen LogP contribution in [0.5, 0.6) is 0 Å². The summed E-state index contributed by atoms with van der Waals surface area (Å²) in [5, 5.41) is 4.94. The van der Waals surface area contributed by atoms with Crippen LogP contribution in [0.2, 0.25) is 0 Å². The molecule has 2 aromatic rings. The number of benzene rings is 1. The maximum absolute atomic E-state index is 12.4. The molecule has 1 heterocycles. The van der Waals surface area contributed by atoms with E-state index in [1.54, 1.807) is 19.1 Å². The summed E-state index contributed by atoms with van der Waals surface area (Å²) >= 11 is 0. The number of esters is 1. The van der Waals surface area contributed by atoms with Gasteiger partial charge >= 0.3 is 12.0 Å². The minimum Gasteiger partial charge on any atom is -0.448 e. The van der Waals surface area contributed by atoms with Gasteiger partial charge in [0.25, 0.3) is 5.91 Å². The third-order valence-corrected chi connectivity index (χ3v) is 4.59. The van der Waals surface area contributed by atoms with E-state index in [9.17, 15) is 14.4 Å². The molecule has 0 unspecified atom stereocenters. The molecule has 0 radical (unpaired) electrons. The van der Waals surface area contributed by atoms with Gasteiger partial charge < -0.3 is 14.5 Å². The number of nitrogens with zero attached hydrogens (tertiary/aromatic N) is 1. The molecule has 0 bridgehead atoms. The highest BCUT2D eigenvalue weighted by Gasteiger charge is 2.26. The Bertz CT molecular complexity index is 856. The zero-order chi connectivity index (χ0) is 20.1. The van der Waals surface area contributed by atoms with Gasteiger partial charge in [0.2, 0.25) is 5.89 Å². The maximum Gasteiger partial charge on any atom is 0.361 e. The summed E-state index contributed by atoms with van der Waals surface area (Å²) in [5.74, 6) is -0.913. The average molecular weight is 385 g/mol. The molecule has 1 fully saturated rings. The van der Waals surface area contributed by atoms with Crippen molar-refractivity contribution in [2.24, 2.45) is 0 Å². The van der Waals surface area contributed by atoms with Gasteiger partial charge in [-0.2, -0.15) is 0 Å². The lowest BCUT2D eigenvalue weighted by Gasteiger charge is -2.15. The Balaban J connectivity index is 1.57. The smallest absolute Gasteiger partial charge is 0.361 e. The normalized spacial score (nSPS) is 15.1. The van der Waals surface area contributed by atoms with Crippen LogP contribution in [0.3, 0.4) is 0 Å². The first-order valence-electron chi connectivity index (χ1n) is 9.29. The van der Waals surface area contributed by atoms with E-state index >= 15 is 0 Å². The minimum absolute atomic E-state index is 0.00564. The highest BCUT2D eigenvalue weighted by molar-refractivity contribution is 5.98. The van der Waals surface area contributed by atoms with E-state index in [-0.39, 0.29) is 23.4 Å². The van der Waals surface area contributed by atoms with E-state index in [2.05, 4.69) is 15.6 Å². The van der Waals surface area contributed by atoms with Crippen molar-refractivity contribution >= 4 is 17.9 Å². The maximum atomic E-state index is 12.4. The molecule has 2 N–H and O–H groups in total. The van der Waals surface area contributed by atoms with Gasteiger partial charge in [0, 0.05) is 11.6 Å². The van der Waals surface area contributed by atoms with E-state index in [4.69, 9.17) is 9.15 Å². The average Bonchev–Trinajstić information content (AvgIpc) is 3.31. The Kier molecular flexibility index (Phi) is 6.08. The summed E-state index contributed by atoms with van der Waals surface area (Å²) in [5.41, 5.74) is 0.716. The van der Waals surface area contributed by atoms with Gasteiger partial charge in [-0.3, -0.25) is 10.1 Å². The number of rotatable bonds is 5. The highest BCUT2D eigenvalue weighted by atomic mass is 16.5. The highest BCUT2D eigenvalue weighted by Crippen LogP contribution is 2.22. The first-order chi connectivity index (χ1) is 13.4. The number of hydrogen-bond donors (Lipinski definition) is 2. The van der Waals surface area contributed by atoms with E-state index in [1.165, 1.54) is 6.92 Å². The summed E-state index contributed by atoms with van der Waals surface area (Å²) in [7, 11) is 0. The monoisotopic (exact) mass is 385 g/mol. The van der Waals surface area contributed by atoms with Crippen LogP contribution >= 0.6 is 0 Å². The summed E-state index contributed by atoms with van der Waals surface area (Å²) in [4.78, 5) is 40.5. The molecule has 3 amide bonds. The largest absolute Gasteiger partial charge is 0.448 e. The number of oxazole rings is 1. The Hall–Kier alpha value is -3.16. The lowest BCUT2D eigenvalue weighted by Crippen LogP contribution is -2.47. The van der Waals surface area contributed by atoms with Crippen LogP contribution in [0.25, 0.3) is 11.5 Å². The van der Waals surface area contributed by atoms with Crippen LogP contribution in [0.15, 0.2) is 34.7 Å². The number of carbonyl (C=O) groups is 3. The number of imide groups is 1. The number of hydrogen-bond acceptors (Lipinski definition) is 6. The molecule has 1 aliphatic carbocycles. The Morgan fingerprint density at radius 1 is 1.18 bits per heavy atom. The van der Waals surface area contributed by atoms with E-state index in [0.717, 1.165) is 31.2 Å². The summed E-state index contributed by atoms with van der Waals surface area (Å²) in [6.07, 6.45) is 2.78. The molecule has 1 aliphatic rings. The third-order valence-electron chi connectivity index (χ3n) is 4.59. The van der Waals surface area contributed by atoms with E-state index in [1.807, 2.05) is 18.2 Å². The number of amides is 3. The molecular formula is C20H23N3O5. The van der Waals surface area contributed by atoms with Crippen molar-refractivity contribution in [2.75, 3.05) is 0 Å². The Labute approximate surface area is 162 Å². The van der Waals surface area contributed by atoms with Crippen molar-refractivity contribution in [3.05, 3.63) is 41.8 Å². The summed E-state index contributed by atoms with van der Waals surface area (Å²) < 4.78 is 10.7. The van der Waals surface area contributed by atoms with Gasteiger partial charge in [-0.1, -0.05) is 31.0 Å². The molecule has 0 aliphatic heterocycles. The number of carbonyl (C=O) groups excluding carboxylic acids is 3. The van der Waals surface area contributed by atoms with Gasteiger partial charge in [0.15, 0.2) is 11.8 Å². The Morgan fingerprint density at radius 2 is 1.86 bits per heavy atom. The van der Waals surface area contributed by atoms with Crippen molar-refractivity contribution in [1.82, 2.24) is 15.6 Å². The number of nitrogens with one attached hydrogen (secondary N) is 2. The first kappa shape index (κ1) is 19.6. The zero-order valence-corrected chi connectivity index (χ0v) is 15.9.